The predicted molar refractivity (Wildman–Crippen MR) is 86.8 cm³/mol. The number of pyridine rings is 1. The quantitative estimate of drug-likeness (QED) is 0.824. The highest BCUT2D eigenvalue weighted by Gasteiger charge is 2.08. The highest BCUT2D eigenvalue weighted by atomic mass is 79.9. The smallest absolute Gasteiger partial charge is 0.252 e. The van der Waals surface area contributed by atoms with Crippen molar-refractivity contribution >= 4 is 33.4 Å². The maximum absolute atomic E-state index is 12.0. The molecule has 0 aliphatic rings. The molecule has 0 saturated carbocycles. The number of halogens is 2. The second-order valence-electron chi connectivity index (χ2n) is 4.47. The van der Waals surface area contributed by atoms with Gasteiger partial charge in [-0.3, -0.25) is 9.59 Å². The first-order valence-corrected chi connectivity index (χ1v) is 7.64. The first-order chi connectivity index (χ1) is 10.1. The van der Waals surface area contributed by atoms with Crippen molar-refractivity contribution in [2.45, 2.75) is 13.0 Å². The van der Waals surface area contributed by atoms with E-state index in [4.69, 9.17) is 11.6 Å². The topological polar surface area (TPSA) is 51.1 Å². The summed E-state index contributed by atoms with van der Waals surface area (Å²) in [4.78, 5) is 23.5. The second kappa shape index (κ2) is 7.43. The monoisotopic (exact) mass is 368 g/mol. The number of benzene rings is 1. The van der Waals surface area contributed by atoms with Gasteiger partial charge in [0, 0.05) is 29.8 Å². The summed E-state index contributed by atoms with van der Waals surface area (Å²) in [7, 11) is 0. The van der Waals surface area contributed by atoms with Crippen LogP contribution in [0.2, 0.25) is 5.02 Å². The molecule has 1 amide bonds. The molecule has 6 heteroatoms. The fourth-order valence-electron chi connectivity index (χ4n) is 1.87. The Morgan fingerprint density at radius 1 is 1.24 bits per heavy atom. The highest BCUT2D eigenvalue weighted by molar-refractivity contribution is 9.10. The Kier molecular flexibility index (Phi) is 5.59. The van der Waals surface area contributed by atoms with Gasteiger partial charge in [-0.1, -0.05) is 23.7 Å². The minimum absolute atomic E-state index is 0.100. The lowest BCUT2D eigenvalue weighted by atomic mass is 10.2. The van der Waals surface area contributed by atoms with Gasteiger partial charge in [0.05, 0.1) is 10.6 Å². The minimum atomic E-state index is -0.138. The number of aryl methyl sites for hydroxylation is 1. The third kappa shape index (κ3) is 4.44. The molecule has 0 atom stereocenters. The van der Waals surface area contributed by atoms with Gasteiger partial charge in [0.25, 0.3) is 11.5 Å². The zero-order valence-corrected chi connectivity index (χ0v) is 13.5. The summed E-state index contributed by atoms with van der Waals surface area (Å²) in [5.74, 6) is -0.138. The molecule has 4 nitrogen and oxygen atoms in total. The van der Waals surface area contributed by atoms with Crippen molar-refractivity contribution in [1.82, 2.24) is 9.88 Å². The van der Waals surface area contributed by atoms with E-state index in [9.17, 15) is 9.59 Å². The van der Waals surface area contributed by atoms with Crippen LogP contribution in [0.15, 0.2) is 51.9 Å². The molecule has 0 aliphatic carbocycles. The van der Waals surface area contributed by atoms with Crippen molar-refractivity contribution in [1.29, 1.82) is 0 Å². The molecule has 2 rings (SSSR count). The van der Waals surface area contributed by atoms with E-state index < -0.39 is 0 Å². The third-order valence-electron chi connectivity index (χ3n) is 2.93. The number of nitrogens with zero attached hydrogens (tertiary/aromatic N) is 1. The summed E-state index contributed by atoms with van der Waals surface area (Å²) in [6, 6.07) is 10.2. The molecule has 1 N–H and O–H groups in total. The molecule has 110 valence electrons. The summed E-state index contributed by atoms with van der Waals surface area (Å²) >= 11 is 9.18. The van der Waals surface area contributed by atoms with Crippen molar-refractivity contribution in [3.8, 4) is 0 Å². The Bertz CT molecular complexity index is 700. The molecular weight excluding hydrogens is 356 g/mol. The summed E-state index contributed by atoms with van der Waals surface area (Å²) in [5.41, 5.74) is 0.494. The zero-order valence-electron chi connectivity index (χ0n) is 11.2. The SMILES string of the molecule is O=C(NCCCn1cc(Cl)ccc1=O)c1ccccc1Br. The lowest BCUT2D eigenvalue weighted by Crippen LogP contribution is -2.27. The number of carbonyl (C=O) groups excluding carboxylic acids is 1. The Balaban J connectivity index is 1.85. The maximum Gasteiger partial charge on any atom is 0.252 e. The van der Waals surface area contributed by atoms with Gasteiger partial charge >= 0.3 is 0 Å². The van der Waals surface area contributed by atoms with Crippen molar-refractivity contribution < 1.29 is 4.79 Å². The summed E-state index contributed by atoms with van der Waals surface area (Å²) < 4.78 is 2.29. The third-order valence-corrected chi connectivity index (χ3v) is 3.84. The highest BCUT2D eigenvalue weighted by Crippen LogP contribution is 2.15. The van der Waals surface area contributed by atoms with Gasteiger partial charge in [0.2, 0.25) is 0 Å². The predicted octanol–water partition coefficient (Wildman–Crippen LogP) is 3.08. The largest absolute Gasteiger partial charge is 0.352 e. The molecule has 0 spiro atoms. The zero-order chi connectivity index (χ0) is 15.2. The standard InChI is InChI=1S/C15H14BrClN2O2/c16-13-5-2-1-4-12(13)15(21)18-8-3-9-19-10-11(17)6-7-14(19)20/h1-2,4-7,10H,3,8-9H2,(H,18,21). The average molecular weight is 370 g/mol. The Morgan fingerprint density at radius 3 is 2.76 bits per heavy atom. The first kappa shape index (κ1) is 15.8. The van der Waals surface area contributed by atoms with Crippen LogP contribution in [0.3, 0.4) is 0 Å². The number of nitrogens with one attached hydrogen (secondary N) is 1. The second-order valence-corrected chi connectivity index (χ2v) is 5.76. The molecule has 0 unspecified atom stereocenters. The molecule has 1 aromatic heterocycles. The maximum atomic E-state index is 12.0. The van der Waals surface area contributed by atoms with E-state index >= 15 is 0 Å². The van der Waals surface area contributed by atoms with Gasteiger partial charge in [-0.25, -0.2) is 0 Å². The van der Waals surface area contributed by atoms with Crippen molar-refractivity contribution in [2.24, 2.45) is 0 Å². The summed E-state index contributed by atoms with van der Waals surface area (Å²) in [6.07, 6.45) is 2.25. The number of rotatable bonds is 5. The van der Waals surface area contributed by atoms with E-state index in [1.165, 1.54) is 10.6 Å². The van der Waals surface area contributed by atoms with E-state index in [0.29, 0.717) is 30.1 Å². The molecule has 0 fully saturated rings. The van der Waals surface area contributed by atoms with Crippen LogP contribution in [0, 0.1) is 0 Å². The number of aromatic nitrogens is 1. The van der Waals surface area contributed by atoms with Crippen LogP contribution in [0.4, 0.5) is 0 Å². The Labute approximate surface area is 135 Å². The minimum Gasteiger partial charge on any atom is -0.352 e. The number of hydrogen-bond donors (Lipinski definition) is 1. The fraction of sp³-hybridized carbons (Fsp3) is 0.200. The van der Waals surface area contributed by atoms with Gasteiger partial charge in [0.1, 0.15) is 0 Å². The molecular formula is C15H14BrClN2O2. The van der Waals surface area contributed by atoms with Crippen LogP contribution in [0.1, 0.15) is 16.8 Å². The first-order valence-electron chi connectivity index (χ1n) is 6.46. The molecule has 2 aromatic rings. The number of carbonyl (C=O) groups is 1. The molecule has 0 bridgehead atoms. The lowest BCUT2D eigenvalue weighted by molar-refractivity contribution is 0.0952. The van der Waals surface area contributed by atoms with Crippen LogP contribution < -0.4 is 10.9 Å². The Hall–Kier alpha value is -1.59. The van der Waals surface area contributed by atoms with Crippen molar-refractivity contribution in [3.05, 3.63) is 68.0 Å². The van der Waals surface area contributed by atoms with E-state index in [1.54, 1.807) is 18.3 Å². The van der Waals surface area contributed by atoms with E-state index in [2.05, 4.69) is 21.2 Å². The van der Waals surface area contributed by atoms with Gasteiger partial charge in [-0.15, -0.1) is 0 Å². The molecule has 21 heavy (non-hydrogen) atoms. The molecule has 0 saturated heterocycles. The fourth-order valence-corrected chi connectivity index (χ4v) is 2.51. The average Bonchev–Trinajstić information content (AvgIpc) is 2.47. The summed E-state index contributed by atoms with van der Waals surface area (Å²) in [5, 5.41) is 3.35. The number of hydrogen-bond acceptors (Lipinski definition) is 2. The normalized spacial score (nSPS) is 10.4. The van der Waals surface area contributed by atoms with Crippen LogP contribution in [-0.2, 0) is 6.54 Å². The van der Waals surface area contributed by atoms with Crippen LogP contribution >= 0.6 is 27.5 Å². The van der Waals surface area contributed by atoms with Gasteiger partial charge in [-0.05, 0) is 40.5 Å². The molecule has 1 heterocycles. The van der Waals surface area contributed by atoms with Crippen molar-refractivity contribution in [2.75, 3.05) is 6.54 Å². The van der Waals surface area contributed by atoms with Crippen LogP contribution in [-0.4, -0.2) is 17.0 Å². The van der Waals surface area contributed by atoms with Gasteiger partial charge in [-0.2, -0.15) is 0 Å². The summed E-state index contributed by atoms with van der Waals surface area (Å²) in [6.45, 7) is 0.995. The Morgan fingerprint density at radius 2 is 2.00 bits per heavy atom. The van der Waals surface area contributed by atoms with E-state index in [0.717, 1.165) is 4.47 Å². The molecule has 1 aromatic carbocycles. The van der Waals surface area contributed by atoms with E-state index in [-0.39, 0.29) is 11.5 Å². The number of amides is 1. The van der Waals surface area contributed by atoms with E-state index in [1.807, 2.05) is 18.2 Å². The molecule has 0 radical (unpaired) electrons. The van der Waals surface area contributed by atoms with Gasteiger partial charge in [0.15, 0.2) is 0 Å². The van der Waals surface area contributed by atoms with Gasteiger partial charge < -0.3 is 9.88 Å². The van der Waals surface area contributed by atoms with Crippen LogP contribution in [0.25, 0.3) is 0 Å². The van der Waals surface area contributed by atoms with Crippen molar-refractivity contribution in [3.63, 3.8) is 0 Å². The van der Waals surface area contributed by atoms with Crippen LogP contribution in [0.5, 0.6) is 0 Å². The lowest BCUT2D eigenvalue weighted by Gasteiger charge is -2.08. The molecule has 0 aliphatic heterocycles.